The summed E-state index contributed by atoms with van der Waals surface area (Å²) in [5.41, 5.74) is 2.47. The molecule has 26 heavy (non-hydrogen) atoms. The van der Waals surface area contributed by atoms with E-state index in [1.165, 1.54) is 16.1 Å². The van der Waals surface area contributed by atoms with Gasteiger partial charge in [0.1, 0.15) is 5.01 Å². The smallest absolute Gasteiger partial charge is 0.191 e. The van der Waals surface area contributed by atoms with E-state index >= 15 is 0 Å². The van der Waals surface area contributed by atoms with Gasteiger partial charge in [0, 0.05) is 36.4 Å². The van der Waals surface area contributed by atoms with Gasteiger partial charge in [-0.2, -0.15) is 0 Å². The lowest BCUT2D eigenvalue weighted by Gasteiger charge is -2.17. The first-order valence-electron chi connectivity index (χ1n) is 8.67. The maximum absolute atomic E-state index is 4.68. The Bertz CT molecular complexity index is 731. The second kappa shape index (κ2) is 10.5. The van der Waals surface area contributed by atoms with E-state index in [1.54, 1.807) is 11.3 Å². The van der Waals surface area contributed by atoms with Gasteiger partial charge in [0.05, 0.1) is 13.1 Å². The average Bonchev–Trinajstić information content (AvgIpc) is 3.30. The van der Waals surface area contributed by atoms with Crippen LogP contribution in [-0.4, -0.2) is 30.6 Å². The fourth-order valence-electron chi connectivity index (χ4n) is 2.66. The van der Waals surface area contributed by atoms with Crippen LogP contribution in [0, 0.1) is 6.92 Å². The van der Waals surface area contributed by atoms with Crippen molar-refractivity contribution in [1.29, 1.82) is 0 Å². The zero-order valence-corrected chi connectivity index (χ0v) is 18.4. The molecule has 0 radical (unpaired) electrons. The largest absolute Gasteiger partial charge is 0.364 e. The summed E-state index contributed by atoms with van der Waals surface area (Å²) < 4.78 is 0. The van der Waals surface area contributed by atoms with E-state index in [1.807, 2.05) is 6.20 Å². The van der Waals surface area contributed by atoms with Gasteiger partial charge in [0.2, 0.25) is 0 Å². The van der Waals surface area contributed by atoms with Gasteiger partial charge in [0.25, 0.3) is 0 Å². The molecule has 0 fully saturated rings. The Morgan fingerprint density at radius 1 is 1.19 bits per heavy atom. The van der Waals surface area contributed by atoms with E-state index in [-0.39, 0.29) is 24.0 Å². The van der Waals surface area contributed by atoms with Crippen LogP contribution in [0.1, 0.15) is 22.4 Å². The molecule has 0 atom stereocenters. The topological polar surface area (TPSA) is 52.6 Å². The molecule has 1 aromatic carbocycles. The molecular formula is C19H26IN5S. The molecule has 0 saturated heterocycles. The quantitative estimate of drug-likeness (QED) is 0.285. The number of anilines is 1. The Morgan fingerprint density at radius 3 is 2.54 bits per heavy atom. The molecule has 2 N–H and O–H groups in total. The zero-order chi connectivity index (χ0) is 17.5. The maximum Gasteiger partial charge on any atom is 0.191 e. The fourth-order valence-corrected chi connectivity index (χ4v) is 3.38. The molecule has 1 aliphatic rings. The molecule has 1 aliphatic heterocycles. The summed E-state index contributed by atoms with van der Waals surface area (Å²) in [6, 6.07) is 8.67. The SMILES string of the molecule is CCNC(=NCc1ccc(N2CC=CC2)cc1)NCc1ncc(C)s1.I. The normalized spacial score (nSPS) is 13.6. The number of nitrogens with zero attached hydrogens (tertiary/aromatic N) is 3. The molecule has 3 rings (SSSR count). The Morgan fingerprint density at radius 2 is 1.92 bits per heavy atom. The Balaban J connectivity index is 0.00000243. The summed E-state index contributed by atoms with van der Waals surface area (Å²) in [6.07, 6.45) is 6.32. The van der Waals surface area contributed by atoms with Crippen molar-refractivity contribution < 1.29 is 0 Å². The van der Waals surface area contributed by atoms with Gasteiger partial charge in [-0.25, -0.2) is 9.98 Å². The predicted molar refractivity (Wildman–Crippen MR) is 122 cm³/mol. The van der Waals surface area contributed by atoms with Crippen molar-refractivity contribution in [2.75, 3.05) is 24.5 Å². The molecule has 2 aromatic rings. The second-order valence-electron chi connectivity index (χ2n) is 5.96. The molecule has 2 heterocycles. The van der Waals surface area contributed by atoms with E-state index in [2.05, 4.69) is 75.8 Å². The number of thiazole rings is 1. The van der Waals surface area contributed by atoms with Crippen LogP contribution in [-0.2, 0) is 13.1 Å². The maximum atomic E-state index is 4.68. The van der Waals surface area contributed by atoms with E-state index in [0.29, 0.717) is 13.1 Å². The molecule has 0 spiro atoms. The summed E-state index contributed by atoms with van der Waals surface area (Å²) in [6.45, 7) is 8.34. The minimum atomic E-state index is 0. The first-order valence-corrected chi connectivity index (χ1v) is 9.48. The second-order valence-corrected chi connectivity index (χ2v) is 7.28. The van der Waals surface area contributed by atoms with E-state index in [0.717, 1.165) is 30.6 Å². The number of benzene rings is 1. The van der Waals surface area contributed by atoms with Gasteiger partial charge in [-0.05, 0) is 31.5 Å². The van der Waals surface area contributed by atoms with Crippen LogP contribution in [0.3, 0.4) is 0 Å². The summed E-state index contributed by atoms with van der Waals surface area (Å²) in [5.74, 6) is 0.822. The summed E-state index contributed by atoms with van der Waals surface area (Å²) in [7, 11) is 0. The van der Waals surface area contributed by atoms with Gasteiger partial charge in [-0.1, -0.05) is 24.3 Å². The fraction of sp³-hybridized carbons (Fsp3) is 0.368. The first kappa shape index (κ1) is 20.7. The lowest BCUT2D eigenvalue weighted by Crippen LogP contribution is -2.36. The van der Waals surface area contributed by atoms with Crippen LogP contribution >= 0.6 is 35.3 Å². The summed E-state index contributed by atoms with van der Waals surface area (Å²) >= 11 is 1.71. The van der Waals surface area contributed by atoms with Crippen molar-refractivity contribution >= 4 is 47.0 Å². The minimum Gasteiger partial charge on any atom is -0.364 e. The van der Waals surface area contributed by atoms with E-state index < -0.39 is 0 Å². The Labute approximate surface area is 176 Å². The number of rotatable bonds is 6. The third-order valence-electron chi connectivity index (χ3n) is 3.96. The molecule has 5 nitrogen and oxygen atoms in total. The number of hydrogen-bond acceptors (Lipinski definition) is 4. The van der Waals surface area contributed by atoms with Crippen molar-refractivity contribution in [3.8, 4) is 0 Å². The predicted octanol–water partition coefficient (Wildman–Crippen LogP) is 3.70. The highest BCUT2D eigenvalue weighted by Gasteiger charge is 2.07. The highest BCUT2D eigenvalue weighted by atomic mass is 127. The van der Waals surface area contributed by atoms with Gasteiger partial charge < -0.3 is 15.5 Å². The molecule has 140 valence electrons. The standard InChI is InChI=1S/C19H25N5S.HI/c1-3-20-19(23-14-18-21-12-15(2)25-18)22-13-16-6-8-17(9-7-16)24-10-4-5-11-24;/h4-9,12H,3,10-11,13-14H2,1-2H3,(H2,20,22,23);1H. The first-order chi connectivity index (χ1) is 12.2. The van der Waals surface area contributed by atoms with Crippen LogP contribution in [0.5, 0.6) is 0 Å². The summed E-state index contributed by atoms with van der Waals surface area (Å²) in [5, 5.41) is 7.71. The molecule has 0 bridgehead atoms. The van der Waals surface area contributed by atoms with Crippen molar-refractivity contribution in [3.63, 3.8) is 0 Å². The molecule has 0 aliphatic carbocycles. The number of nitrogens with one attached hydrogen (secondary N) is 2. The monoisotopic (exact) mass is 483 g/mol. The van der Waals surface area contributed by atoms with E-state index in [9.17, 15) is 0 Å². The van der Waals surface area contributed by atoms with Crippen molar-refractivity contribution in [2.24, 2.45) is 4.99 Å². The van der Waals surface area contributed by atoms with Crippen LogP contribution < -0.4 is 15.5 Å². The Kier molecular flexibility index (Phi) is 8.37. The molecule has 7 heteroatoms. The van der Waals surface area contributed by atoms with Gasteiger partial charge in [-0.15, -0.1) is 35.3 Å². The number of aliphatic imine (C=N–C) groups is 1. The van der Waals surface area contributed by atoms with E-state index in [4.69, 9.17) is 0 Å². The van der Waals surface area contributed by atoms with Crippen molar-refractivity contribution in [1.82, 2.24) is 15.6 Å². The number of halogens is 1. The number of guanidine groups is 1. The zero-order valence-electron chi connectivity index (χ0n) is 15.2. The van der Waals surface area contributed by atoms with Gasteiger partial charge in [-0.3, -0.25) is 0 Å². The molecular weight excluding hydrogens is 457 g/mol. The third-order valence-corrected chi connectivity index (χ3v) is 4.87. The Hall–Kier alpha value is -1.61. The molecule has 0 unspecified atom stereocenters. The molecule has 0 amide bonds. The number of aryl methyl sites for hydroxylation is 1. The molecule has 0 saturated carbocycles. The van der Waals surface area contributed by atoms with Gasteiger partial charge in [0.15, 0.2) is 5.96 Å². The highest BCUT2D eigenvalue weighted by Crippen LogP contribution is 2.18. The third kappa shape index (κ3) is 5.98. The van der Waals surface area contributed by atoms with Crippen molar-refractivity contribution in [3.05, 3.63) is 58.1 Å². The lowest BCUT2D eigenvalue weighted by atomic mass is 10.2. The van der Waals surface area contributed by atoms with Crippen LogP contribution in [0.15, 0.2) is 47.6 Å². The van der Waals surface area contributed by atoms with Crippen LogP contribution in [0.2, 0.25) is 0 Å². The highest BCUT2D eigenvalue weighted by molar-refractivity contribution is 14.0. The minimum absolute atomic E-state index is 0. The van der Waals surface area contributed by atoms with Gasteiger partial charge >= 0.3 is 0 Å². The van der Waals surface area contributed by atoms with Crippen LogP contribution in [0.4, 0.5) is 5.69 Å². The van der Waals surface area contributed by atoms with Crippen molar-refractivity contribution in [2.45, 2.75) is 26.9 Å². The summed E-state index contributed by atoms with van der Waals surface area (Å²) in [4.78, 5) is 12.6. The average molecular weight is 483 g/mol. The number of aromatic nitrogens is 1. The lowest BCUT2D eigenvalue weighted by molar-refractivity contribution is 0.811. The number of hydrogen-bond donors (Lipinski definition) is 2. The molecule has 1 aromatic heterocycles. The van der Waals surface area contributed by atoms with Crippen LogP contribution in [0.25, 0.3) is 0 Å².